The van der Waals surface area contributed by atoms with Gasteiger partial charge in [-0.2, -0.15) is 0 Å². The topological polar surface area (TPSA) is 18.5 Å². The summed E-state index contributed by atoms with van der Waals surface area (Å²) in [4.78, 5) is 0. The van der Waals surface area contributed by atoms with Gasteiger partial charge in [0, 0.05) is 14.2 Å². The number of hydrogen-bond acceptors (Lipinski definition) is 2. The van der Waals surface area contributed by atoms with Crippen molar-refractivity contribution in [1.82, 2.24) is 0 Å². The van der Waals surface area contributed by atoms with Crippen molar-refractivity contribution in [3.63, 3.8) is 0 Å². The molecule has 0 aromatic heterocycles. The molecule has 0 saturated heterocycles. The minimum absolute atomic E-state index is 0.597. The van der Waals surface area contributed by atoms with Crippen molar-refractivity contribution < 1.29 is 9.47 Å². The van der Waals surface area contributed by atoms with Crippen LogP contribution in [0, 0.1) is 6.07 Å². The highest BCUT2D eigenvalue weighted by Crippen LogP contribution is 2.09. The number of benzene rings is 1. The van der Waals surface area contributed by atoms with E-state index in [1.165, 1.54) is 0 Å². The van der Waals surface area contributed by atoms with Gasteiger partial charge in [0.1, 0.15) is 0 Å². The first kappa shape index (κ1) is 9.23. The molecule has 0 bridgehead atoms. The van der Waals surface area contributed by atoms with Crippen molar-refractivity contribution in [3.05, 3.63) is 35.4 Å². The quantitative estimate of drug-likeness (QED) is 0.677. The molecule has 0 heterocycles. The van der Waals surface area contributed by atoms with Crippen molar-refractivity contribution in [1.29, 1.82) is 0 Å². The summed E-state index contributed by atoms with van der Waals surface area (Å²) >= 11 is 0. The smallest absolute Gasteiger partial charge is 0.0722 e. The highest BCUT2D eigenvalue weighted by atomic mass is 16.5. The van der Waals surface area contributed by atoms with Crippen LogP contribution in [0.25, 0.3) is 0 Å². The van der Waals surface area contributed by atoms with Gasteiger partial charge in [0.25, 0.3) is 0 Å². The van der Waals surface area contributed by atoms with Gasteiger partial charge < -0.3 is 9.47 Å². The molecule has 12 heavy (non-hydrogen) atoms. The molecule has 0 atom stereocenters. The van der Waals surface area contributed by atoms with Crippen molar-refractivity contribution in [2.24, 2.45) is 0 Å². The fourth-order valence-corrected chi connectivity index (χ4v) is 1.08. The van der Waals surface area contributed by atoms with Gasteiger partial charge >= 0.3 is 0 Å². The van der Waals surface area contributed by atoms with E-state index in [9.17, 15) is 0 Å². The Kier molecular flexibility index (Phi) is 3.77. The Morgan fingerprint density at radius 1 is 1.25 bits per heavy atom. The van der Waals surface area contributed by atoms with Crippen LogP contribution in [0.5, 0.6) is 0 Å². The molecule has 0 unspecified atom stereocenters. The molecule has 1 rings (SSSR count). The number of methoxy groups -OCH3 is 2. The van der Waals surface area contributed by atoms with E-state index in [1.54, 1.807) is 14.2 Å². The summed E-state index contributed by atoms with van der Waals surface area (Å²) in [7, 11) is 3.36. The van der Waals surface area contributed by atoms with Crippen LogP contribution in [0.3, 0.4) is 0 Å². The average Bonchev–Trinajstić information content (AvgIpc) is 2.09. The first-order valence-electron chi connectivity index (χ1n) is 3.84. The molecule has 0 aliphatic carbocycles. The summed E-state index contributed by atoms with van der Waals surface area (Å²) in [6, 6.07) is 8.97. The zero-order valence-corrected chi connectivity index (χ0v) is 7.46. The van der Waals surface area contributed by atoms with Crippen LogP contribution in [-0.2, 0) is 22.7 Å². The Hall–Kier alpha value is -0.860. The lowest BCUT2D eigenvalue weighted by atomic mass is 10.1. The molecule has 1 aromatic rings. The van der Waals surface area contributed by atoms with Crippen molar-refractivity contribution in [2.45, 2.75) is 13.2 Å². The Morgan fingerprint density at radius 2 is 2.00 bits per heavy atom. The summed E-state index contributed by atoms with van der Waals surface area (Å²) < 4.78 is 10.1. The SMILES string of the molecule is COCc1[c]cccc1COC. The number of hydrogen-bond donors (Lipinski definition) is 0. The maximum Gasteiger partial charge on any atom is 0.0722 e. The van der Waals surface area contributed by atoms with Crippen LogP contribution in [0.2, 0.25) is 0 Å². The molecule has 1 aromatic carbocycles. The molecule has 65 valence electrons. The molecule has 2 heteroatoms. The van der Waals surface area contributed by atoms with Crippen molar-refractivity contribution in [2.75, 3.05) is 14.2 Å². The molecular formula is C10H13O2. The molecule has 0 N–H and O–H groups in total. The molecule has 0 aliphatic heterocycles. The van der Waals surface area contributed by atoms with Gasteiger partial charge in [0.2, 0.25) is 0 Å². The lowest BCUT2D eigenvalue weighted by molar-refractivity contribution is 0.168. The predicted molar refractivity (Wildman–Crippen MR) is 46.7 cm³/mol. The van der Waals surface area contributed by atoms with Crippen LogP contribution in [0.15, 0.2) is 18.2 Å². The lowest BCUT2D eigenvalue weighted by Crippen LogP contribution is -1.96. The third-order valence-electron chi connectivity index (χ3n) is 1.63. The standard InChI is InChI=1S/C10H13O2/c1-11-7-9-5-3-4-6-10(9)8-12-2/h3-5H,7-8H2,1-2H3. The summed E-state index contributed by atoms with van der Waals surface area (Å²) in [6.45, 7) is 1.22. The third-order valence-corrected chi connectivity index (χ3v) is 1.63. The monoisotopic (exact) mass is 165 g/mol. The van der Waals surface area contributed by atoms with E-state index < -0.39 is 0 Å². The van der Waals surface area contributed by atoms with Crippen LogP contribution in [0.1, 0.15) is 11.1 Å². The Bertz CT molecular complexity index is 208. The highest BCUT2D eigenvalue weighted by Gasteiger charge is 1.99. The Balaban J connectivity index is 2.77. The Labute approximate surface area is 73.1 Å². The number of rotatable bonds is 4. The second-order valence-electron chi connectivity index (χ2n) is 2.54. The summed E-state index contributed by atoms with van der Waals surface area (Å²) in [5.41, 5.74) is 2.21. The summed E-state index contributed by atoms with van der Waals surface area (Å²) in [6.07, 6.45) is 0. The fraction of sp³-hybridized carbons (Fsp3) is 0.400. The van der Waals surface area contributed by atoms with E-state index in [2.05, 4.69) is 6.07 Å². The van der Waals surface area contributed by atoms with Gasteiger partial charge in [0.15, 0.2) is 0 Å². The Morgan fingerprint density at radius 3 is 2.67 bits per heavy atom. The van der Waals surface area contributed by atoms with E-state index in [0.717, 1.165) is 11.1 Å². The largest absolute Gasteiger partial charge is 0.380 e. The second-order valence-corrected chi connectivity index (χ2v) is 2.54. The molecule has 0 amide bonds. The first-order valence-corrected chi connectivity index (χ1v) is 3.84. The first-order chi connectivity index (χ1) is 5.88. The second kappa shape index (κ2) is 4.91. The normalized spacial score (nSPS) is 10.2. The lowest BCUT2D eigenvalue weighted by Gasteiger charge is -2.06. The van der Waals surface area contributed by atoms with Gasteiger partial charge in [-0.05, 0) is 17.2 Å². The minimum atomic E-state index is 0.597. The highest BCUT2D eigenvalue weighted by molar-refractivity contribution is 5.24. The zero-order chi connectivity index (χ0) is 8.81. The molecular weight excluding hydrogens is 152 g/mol. The van der Waals surface area contributed by atoms with E-state index in [-0.39, 0.29) is 0 Å². The van der Waals surface area contributed by atoms with Gasteiger partial charge in [-0.1, -0.05) is 18.2 Å². The molecule has 0 spiro atoms. The maximum atomic E-state index is 5.04. The third kappa shape index (κ3) is 2.32. The summed E-state index contributed by atoms with van der Waals surface area (Å²) in [5.74, 6) is 0. The van der Waals surface area contributed by atoms with Crippen LogP contribution >= 0.6 is 0 Å². The predicted octanol–water partition coefficient (Wildman–Crippen LogP) is 1.78. The van der Waals surface area contributed by atoms with Crippen molar-refractivity contribution >= 4 is 0 Å². The van der Waals surface area contributed by atoms with Gasteiger partial charge in [-0.3, -0.25) is 0 Å². The van der Waals surface area contributed by atoms with E-state index in [1.807, 2.05) is 18.2 Å². The number of ether oxygens (including phenoxy) is 2. The zero-order valence-electron chi connectivity index (χ0n) is 7.46. The van der Waals surface area contributed by atoms with E-state index in [4.69, 9.17) is 9.47 Å². The van der Waals surface area contributed by atoms with Gasteiger partial charge in [0.05, 0.1) is 13.2 Å². The van der Waals surface area contributed by atoms with Crippen LogP contribution in [0.4, 0.5) is 0 Å². The molecule has 0 aliphatic rings. The average molecular weight is 165 g/mol. The molecule has 1 radical (unpaired) electrons. The van der Waals surface area contributed by atoms with Gasteiger partial charge in [-0.15, -0.1) is 0 Å². The van der Waals surface area contributed by atoms with E-state index in [0.29, 0.717) is 13.2 Å². The van der Waals surface area contributed by atoms with Crippen molar-refractivity contribution in [3.8, 4) is 0 Å². The minimum Gasteiger partial charge on any atom is -0.380 e. The molecule has 0 fully saturated rings. The van der Waals surface area contributed by atoms with E-state index >= 15 is 0 Å². The van der Waals surface area contributed by atoms with Gasteiger partial charge in [-0.25, -0.2) is 0 Å². The summed E-state index contributed by atoms with van der Waals surface area (Å²) in [5, 5.41) is 0. The maximum absolute atomic E-state index is 5.04. The van der Waals surface area contributed by atoms with Crippen LogP contribution < -0.4 is 0 Å². The molecule has 0 saturated carbocycles. The molecule has 2 nitrogen and oxygen atoms in total. The fourth-order valence-electron chi connectivity index (χ4n) is 1.08. The van der Waals surface area contributed by atoms with Crippen LogP contribution in [-0.4, -0.2) is 14.2 Å².